The van der Waals surface area contributed by atoms with Crippen LogP contribution in [0, 0.1) is 0 Å². The molecule has 0 heterocycles. The van der Waals surface area contributed by atoms with E-state index in [1.165, 1.54) is 0 Å². The molecule has 0 saturated heterocycles. The van der Waals surface area contributed by atoms with Crippen LogP contribution < -0.4 is 0 Å². The van der Waals surface area contributed by atoms with Crippen LogP contribution in [0.1, 0.15) is 25.7 Å². The molecule has 0 aliphatic heterocycles. The van der Waals surface area contributed by atoms with Crippen molar-refractivity contribution in [3.63, 3.8) is 0 Å². The topological polar surface area (TPSA) is 17.1 Å². The van der Waals surface area contributed by atoms with Gasteiger partial charge in [0, 0.05) is 0 Å². The van der Waals surface area contributed by atoms with Gasteiger partial charge in [0.1, 0.15) is 0 Å². The summed E-state index contributed by atoms with van der Waals surface area (Å²) < 4.78 is 24.6. The van der Waals surface area contributed by atoms with E-state index in [1.54, 1.807) is 6.08 Å². The quantitative estimate of drug-likeness (QED) is 0.618. The van der Waals surface area contributed by atoms with Crippen LogP contribution in [0.15, 0.2) is 11.6 Å². The van der Waals surface area contributed by atoms with Crippen LogP contribution in [0.3, 0.4) is 0 Å². The summed E-state index contributed by atoms with van der Waals surface area (Å²) in [6, 6.07) is 0. The lowest BCUT2D eigenvalue weighted by molar-refractivity contribution is -0.129. The maximum atomic E-state index is 12.3. The van der Waals surface area contributed by atoms with Gasteiger partial charge >= 0.3 is 5.38 Å². The maximum Gasteiger partial charge on any atom is 0.384 e. The fraction of sp³-hybridized carbons (Fsp3) is 0.625. The maximum absolute atomic E-state index is 12.3. The SMILES string of the molecule is O=C(C1=CCCCC1)C(F)(F)Cl. The average Bonchev–Trinajstić information content (AvgIpc) is 2.03. The Kier molecular flexibility index (Phi) is 2.83. The van der Waals surface area contributed by atoms with Gasteiger partial charge in [-0.15, -0.1) is 0 Å². The first-order valence-corrected chi connectivity index (χ1v) is 4.20. The van der Waals surface area contributed by atoms with Crippen molar-refractivity contribution in [1.82, 2.24) is 0 Å². The molecule has 0 aromatic carbocycles. The van der Waals surface area contributed by atoms with Crippen molar-refractivity contribution in [2.24, 2.45) is 0 Å². The molecule has 1 rings (SSSR count). The minimum Gasteiger partial charge on any atom is -0.286 e. The second kappa shape index (κ2) is 3.52. The number of carbonyl (C=O) groups excluding carboxylic acids is 1. The van der Waals surface area contributed by atoms with Gasteiger partial charge in [-0.2, -0.15) is 8.78 Å². The average molecular weight is 195 g/mol. The van der Waals surface area contributed by atoms with E-state index in [9.17, 15) is 13.6 Å². The smallest absolute Gasteiger partial charge is 0.286 e. The van der Waals surface area contributed by atoms with E-state index in [1.807, 2.05) is 0 Å². The number of alkyl halides is 3. The predicted molar refractivity (Wildman–Crippen MR) is 42.4 cm³/mol. The minimum absolute atomic E-state index is 0.182. The summed E-state index contributed by atoms with van der Waals surface area (Å²) in [5.74, 6) is -1.23. The molecule has 0 saturated carbocycles. The van der Waals surface area contributed by atoms with Gasteiger partial charge in [0.15, 0.2) is 0 Å². The molecule has 0 atom stereocenters. The molecule has 0 amide bonds. The van der Waals surface area contributed by atoms with Gasteiger partial charge in [0.2, 0.25) is 5.78 Å². The fourth-order valence-electron chi connectivity index (χ4n) is 1.23. The number of hydrogen-bond acceptors (Lipinski definition) is 1. The largest absolute Gasteiger partial charge is 0.384 e. The number of Topliss-reactive ketones (excluding diaryl/α,β-unsaturated/α-hetero) is 1. The summed E-state index contributed by atoms with van der Waals surface area (Å²) in [5, 5.41) is -3.72. The van der Waals surface area contributed by atoms with Crippen molar-refractivity contribution in [3.05, 3.63) is 11.6 Å². The Labute approximate surface area is 74.4 Å². The second-order valence-corrected chi connectivity index (χ2v) is 3.28. The monoisotopic (exact) mass is 194 g/mol. The van der Waals surface area contributed by atoms with Gasteiger partial charge < -0.3 is 0 Å². The van der Waals surface area contributed by atoms with Gasteiger partial charge in [-0.05, 0) is 42.9 Å². The van der Waals surface area contributed by atoms with Gasteiger partial charge in [-0.1, -0.05) is 6.08 Å². The van der Waals surface area contributed by atoms with Crippen molar-refractivity contribution < 1.29 is 13.6 Å². The van der Waals surface area contributed by atoms with Crippen molar-refractivity contribution in [3.8, 4) is 0 Å². The third-order valence-corrected chi connectivity index (χ3v) is 2.01. The number of ketones is 1. The summed E-state index contributed by atoms with van der Waals surface area (Å²) in [6.45, 7) is 0. The number of allylic oxidation sites excluding steroid dienone is 2. The summed E-state index contributed by atoms with van der Waals surface area (Å²) in [4.78, 5) is 10.9. The molecule has 0 radical (unpaired) electrons. The lowest BCUT2D eigenvalue weighted by atomic mass is 9.96. The van der Waals surface area contributed by atoms with Crippen molar-refractivity contribution in [2.75, 3.05) is 0 Å². The number of rotatable bonds is 2. The zero-order valence-electron chi connectivity index (χ0n) is 6.45. The van der Waals surface area contributed by atoms with Crippen molar-refractivity contribution in [2.45, 2.75) is 31.1 Å². The molecule has 0 fully saturated rings. The Bertz CT molecular complexity index is 218. The van der Waals surface area contributed by atoms with E-state index in [4.69, 9.17) is 0 Å². The normalized spacial score (nSPS) is 18.8. The van der Waals surface area contributed by atoms with Gasteiger partial charge in [0.25, 0.3) is 0 Å². The predicted octanol–water partition coefficient (Wildman–Crippen LogP) is 2.89. The molecule has 0 aromatic rings. The fourth-order valence-corrected chi connectivity index (χ4v) is 1.35. The van der Waals surface area contributed by atoms with Gasteiger partial charge in [-0.3, -0.25) is 4.79 Å². The third kappa shape index (κ3) is 2.27. The lowest BCUT2D eigenvalue weighted by Crippen LogP contribution is -2.24. The molecular formula is C8H9ClF2O. The Morgan fingerprint density at radius 1 is 1.50 bits per heavy atom. The Hall–Kier alpha value is -0.440. The highest BCUT2D eigenvalue weighted by atomic mass is 35.5. The molecule has 68 valence electrons. The highest BCUT2D eigenvalue weighted by molar-refractivity contribution is 6.35. The summed E-state index contributed by atoms with van der Waals surface area (Å²) in [5.41, 5.74) is 0.182. The molecule has 0 N–H and O–H groups in total. The van der Waals surface area contributed by atoms with Crippen molar-refractivity contribution >= 4 is 17.4 Å². The minimum atomic E-state index is -3.72. The number of hydrogen-bond donors (Lipinski definition) is 0. The van der Waals surface area contributed by atoms with Crippen LogP contribution in [0.5, 0.6) is 0 Å². The molecule has 1 nitrogen and oxygen atoms in total. The van der Waals surface area contributed by atoms with E-state index >= 15 is 0 Å². The highest BCUT2D eigenvalue weighted by Crippen LogP contribution is 2.28. The molecule has 0 aromatic heterocycles. The van der Waals surface area contributed by atoms with Crippen LogP contribution in [0.25, 0.3) is 0 Å². The summed E-state index contributed by atoms with van der Waals surface area (Å²) in [6.07, 6.45) is 4.45. The van der Waals surface area contributed by atoms with E-state index < -0.39 is 11.2 Å². The molecule has 0 bridgehead atoms. The van der Waals surface area contributed by atoms with E-state index in [0.717, 1.165) is 12.8 Å². The van der Waals surface area contributed by atoms with Gasteiger partial charge in [-0.25, -0.2) is 0 Å². The van der Waals surface area contributed by atoms with E-state index in [0.29, 0.717) is 12.8 Å². The molecule has 1 aliphatic carbocycles. The van der Waals surface area contributed by atoms with Crippen LogP contribution >= 0.6 is 11.6 Å². The Morgan fingerprint density at radius 2 is 2.17 bits per heavy atom. The third-order valence-electron chi connectivity index (χ3n) is 1.84. The molecule has 1 aliphatic rings. The van der Waals surface area contributed by atoms with E-state index in [2.05, 4.69) is 11.6 Å². The lowest BCUT2D eigenvalue weighted by Gasteiger charge is -2.13. The van der Waals surface area contributed by atoms with Crippen LogP contribution in [-0.2, 0) is 4.79 Å². The first-order chi connectivity index (χ1) is 5.52. The van der Waals surface area contributed by atoms with Crippen molar-refractivity contribution in [1.29, 1.82) is 0 Å². The zero-order valence-corrected chi connectivity index (χ0v) is 7.20. The molecule has 4 heteroatoms. The van der Waals surface area contributed by atoms with E-state index in [-0.39, 0.29) is 5.57 Å². The van der Waals surface area contributed by atoms with Crippen LogP contribution in [0.4, 0.5) is 8.78 Å². The molecule has 12 heavy (non-hydrogen) atoms. The Balaban J connectivity index is 2.70. The standard InChI is InChI=1S/C8H9ClF2O/c9-8(10,11)7(12)6-4-2-1-3-5-6/h4H,1-3,5H2. The summed E-state index contributed by atoms with van der Waals surface area (Å²) >= 11 is 4.59. The summed E-state index contributed by atoms with van der Waals surface area (Å²) in [7, 11) is 0. The molecule has 0 unspecified atom stereocenters. The first kappa shape index (κ1) is 9.65. The Morgan fingerprint density at radius 3 is 2.58 bits per heavy atom. The highest BCUT2D eigenvalue weighted by Gasteiger charge is 2.37. The molecule has 0 spiro atoms. The van der Waals surface area contributed by atoms with Crippen LogP contribution in [0.2, 0.25) is 0 Å². The van der Waals surface area contributed by atoms with Crippen LogP contribution in [-0.4, -0.2) is 11.2 Å². The zero-order chi connectivity index (χ0) is 9.19. The molecular weight excluding hydrogens is 186 g/mol. The first-order valence-electron chi connectivity index (χ1n) is 3.82. The number of carbonyl (C=O) groups is 1. The second-order valence-electron chi connectivity index (χ2n) is 2.80. The number of halogens is 3. The van der Waals surface area contributed by atoms with Gasteiger partial charge in [0.05, 0.1) is 0 Å².